The van der Waals surface area contributed by atoms with Crippen molar-refractivity contribution in [3.05, 3.63) is 89.2 Å². The molecule has 1 heterocycles. The van der Waals surface area contributed by atoms with Crippen LogP contribution in [0.2, 0.25) is 0 Å². The van der Waals surface area contributed by atoms with E-state index in [9.17, 15) is 23.9 Å². The highest BCUT2D eigenvalue weighted by Gasteiger charge is 2.29. The van der Waals surface area contributed by atoms with Crippen molar-refractivity contribution in [3.8, 4) is 0 Å². The normalized spacial score (nSPS) is 13.7. The van der Waals surface area contributed by atoms with Gasteiger partial charge >= 0.3 is 5.97 Å². The summed E-state index contributed by atoms with van der Waals surface area (Å²) in [7, 11) is 1.67. The number of carboxylic acids is 1. The van der Waals surface area contributed by atoms with Gasteiger partial charge in [0.05, 0.1) is 23.4 Å². The summed E-state index contributed by atoms with van der Waals surface area (Å²) in [6, 6.07) is 18.0. The number of rotatable bonds is 6. The summed E-state index contributed by atoms with van der Waals surface area (Å²) in [5.41, 5.74) is 4.18. The van der Waals surface area contributed by atoms with Gasteiger partial charge in [-0.25, -0.2) is 4.39 Å². The van der Waals surface area contributed by atoms with E-state index in [2.05, 4.69) is 10.6 Å². The fraction of sp³-hybridized carbons (Fsp3) is 0.115. The van der Waals surface area contributed by atoms with E-state index >= 15 is 0 Å². The first-order valence-corrected chi connectivity index (χ1v) is 10.5. The summed E-state index contributed by atoms with van der Waals surface area (Å²) in [5.74, 6) is -1.95. The first kappa shape index (κ1) is 22.7. The van der Waals surface area contributed by atoms with E-state index in [1.54, 1.807) is 55.6 Å². The Morgan fingerprint density at radius 1 is 1.06 bits per heavy atom. The molecule has 1 aliphatic heterocycles. The fourth-order valence-electron chi connectivity index (χ4n) is 3.78. The standard InChI is InChI=1S/C26H22FN3O4/c1-15(31)30(2)20-9-7-19(8-10-20)28-25(17-5-3-4-16(12-17)13-23(32)33)24-21-11-6-18(27)14-22(21)29-26(24)34/h3-12,14,28H,13H2,1-2H3,(H,29,34)(H,32,33). The lowest BCUT2D eigenvalue weighted by molar-refractivity contribution is -0.136. The molecule has 0 spiro atoms. The first-order valence-electron chi connectivity index (χ1n) is 10.5. The van der Waals surface area contributed by atoms with Gasteiger partial charge in [-0.05, 0) is 59.7 Å². The van der Waals surface area contributed by atoms with Crippen LogP contribution in [0.1, 0.15) is 23.6 Å². The lowest BCUT2D eigenvalue weighted by atomic mass is 9.98. The maximum absolute atomic E-state index is 13.8. The maximum atomic E-state index is 13.8. The van der Waals surface area contributed by atoms with Crippen LogP contribution in [-0.4, -0.2) is 29.9 Å². The van der Waals surface area contributed by atoms with Crippen LogP contribution in [0.15, 0.2) is 66.7 Å². The highest BCUT2D eigenvalue weighted by atomic mass is 19.1. The average Bonchev–Trinajstić information content (AvgIpc) is 3.11. The minimum atomic E-state index is -0.969. The largest absolute Gasteiger partial charge is 0.481 e. The molecule has 3 aromatic rings. The Hall–Kier alpha value is -4.46. The first-order chi connectivity index (χ1) is 16.2. The SMILES string of the molecule is CC(=O)N(C)c1ccc(NC(=C2C(=O)Nc3cc(F)ccc32)c2cccc(CC(=O)O)c2)cc1. The molecular formula is C26H22FN3O4. The number of benzene rings is 3. The van der Waals surface area contributed by atoms with E-state index in [1.165, 1.54) is 30.0 Å². The Kier molecular flexibility index (Phi) is 6.14. The van der Waals surface area contributed by atoms with Gasteiger partial charge < -0.3 is 20.6 Å². The van der Waals surface area contributed by atoms with Gasteiger partial charge in [-0.15, -0.1) is 0 Å². The molecule has 0 aliphatic carbocycles. The summed E-state index contributed by atoms with van der Waals surface area (Å²) in [6.07, 6.45) is -0.170. The fourth-order valence-corrected chi connectivity index (χ4v) is 3.78. The Labute approximate surface area is 195 Å². The lowest BCUT2D eigenvalue weighted by Gasteiger charge is -2.18. The number of carboxylic acid groups (broad SMARTS) is 1. The second kappa shape index (κ2) is 9.19. The van der Waals surface area contributed by atoms with Crippen LogP contribution >= 0.6 is 0 Å². The minimum absolute atomic E-state index is 0.106. The van der Waals surface area contributed by atoms with Gasteiger partial charge in [0.2, 0.25) is 5.91 Å². The third-order valence-corrected chi connectivity index (χ3v) is 5.54. The van der Waals surface area contributed by atoms with Crippen LogP contribution in [0.4, 0.5) is 21.5 Å². The second-order valence-corrected chi connectivity index (χ2v) is 7.91. The number of hydrogen-bond acceptors (Lipinski definition) is 4. The monoisotopic (exact) mass is 459 g/mol. The van der Waals surface area contributed by atoms with Crippen LogP contribution < -0.4 is 15.5 Å². The maximum Gasteiger partial charge on any atom is 0.307 e. The number of carbonyl (C=O) groups is 3. The van der Waals surface area contributed by atoms with Crippen molar-refractivity contribution in [2.45, 2.75) is 13.3 Å². The zero-order chi connectivity index (χ0) is 24.4. The molecule has 4 rings (SSSR count). The molecule has 34 heavy (non-hydrogen) atoms. The quantitative estimate of drug-likeness (QED) is 0.476. The Bertz CT molecular complexity index is 1330. The average molecular weight is 459 g/mol. The van der Waals surface area contributed by atoms with Crippen molar-refractivity contribution >= 4 is 46.1 Å². The van der Waals surface area contributed by atoms with Crippen LogP contribution in [-0.2, 0) is 20.8 Å². The molecule has 0 saturated carbocycles. The summed E-state index contributed by atoms with van der Waals surface area (Å²) in [5, 5.41) is 15.2. The number of carbonyl (C=O) groups excluding carboxylic acids is 2. The summed E-state index contributed by atoms with van der Waals surface area (Å²) >= 11 is 0. The molecule has 2 amide bonds. The zero-order valence-electron chi connectivity index (χ0n) is 18.6. The van der Waals surface area contributed by atoms with Gasteiger partial charge in [-0.2, -0.15) is 0 Å². The van der Waals surface area contributed by atoms with E-state index in [-0.39, 0.29) is 12.3 Å². The predicted molar refractivity (Wildman–Crippen MR) is 129 cm³/mol. The van der Waals surface area contributed by atoms with Crippen molar-refractivity contribution in [1.29, 1.82) is 0 Å². The lowest BCUT2D eigenvalue weighted by Crippen LogP contribution is -2.22. The van der Waals surface area contributed by atoms with Crippen molar-refractivity contribution < 1.29 is 23.9 Å². The molecule has 3 N–H and O–H groups in total. The molecule has 0 bridgehead atoms. The van der Waals surface area contributed by atoms with Gasteiger partial charge in [-0.3, -0.25) is 14.4 Å². The van der Waals surface area contributed by atoms with Gasteiger partial charge in [0.25, 0.3) is 5.91 Å². The molecule has 1 aliphatic rings. The van der Waals surface area contributed by atoms with Gasteiger partial charge in [-0.1, -0.05) is 18.2 Å². The van der Waals surface area contributed by atoms with Gasteiger partial charge in [0, 0.05) is 30.9 Å². The predicted octanol–water partition coefficient (Wildman–Crippen LogP) is 4.37. The van der Waals surface area contributed by atoms with Crippen molar-refractivity contribution in [2.75, 3.05) is 22.6 Å². The van der Waals surface area contributed by atoms with Crippen LogP contribution in [0.25, 0.3) is 11.3 Å². The van der Waals surface area contributed by atoms with E-state index in [1.807, 2.05) is 0 Å². The zero-order valence-corrected chi connectivity index (χ0v) is 18.6. The van der Waals surface area contributed by atoms with Crippen LogP contribution in [0.3, 0.4) is 0 Å². The second-order valence-electron chi connectivity index (χ2n) is 7.91. The molecule has 0 unspecified atom stereocenters. The molecule has 7 nitrogen and oxygen atoms in total. The molecule has 0 atom stereocenters. The number of nitrogens with zero attached hydrogens (tertiary/aromatic N) is 1. The van der Waals surface area contributed by atoms with Crippen molar-refractivity contribution in [2.24, 2.45) is 0 Å². The molecule has 0 saturated heterocycles. The Morgan fingerprint density at radius 3 is 2.47 bits per heavy atom. The van der Waals surface area contributed by atoms with E-state index in [0.29, 0.717) is 45.0 Å². The molecule has 0 fully saturated rings. The third kappa shape index (κ3) is 4.66. The molecule has 3 aromatic carbocycles. The third-order valence-electron chi connectivity index (χ3n) is 5.54. The topological polar surface area (TPSA) is 98.7 Å². The molecular weight excluding hydrogens is 437 g/mol. The van der Waals surface area contributed by atoms with E-state index in [4.69, 9.17) is 0 Å². The number of halogens is 1. The van der Waals surface area contributed by atoms with Crippen molar-refractivity contribution in [3.63, 3.8) is 0 Å². The van der Waals surface area contributed by atoms with E-state index in [0.717, 1.165) is 0 Å². The molecule has 8 heteroatoms. The van der Waals surface area contributed by atoms with Gasteiger partial charge in [0.1, 0.15) is 5.82 Å². The highest BCUT2D eigenvalue weighted by molar-refractivity contribution is 6.37. The summed E-state index contributed by atoms with van der Waals surface area (Å²) < 4.78 is 13.8. The molecule has 172 valence electrons. The number of fused-ring (bicyclic) bond motifs is 1. The van der Waals surface area contributed by atoms with Crippen molar-refractivity contribution in [1.82, 2.24) is 0 Å². The molecule has 0 aromatic heterocycles. The Balaban J connectivity index is 1.82. The van der Waals surface area contributed by atoms with Crippen LogP contribution in [0.5, 0.6) is 0 Å². The number of anilines is 3. The van der Waals surface area contributed by atoms with Crippen LogP contribution in [0, 0.1) is 5.82 Å². The van der Waals surface area contributed by atoms with E-state index < -0.39 is 17.7 Å². The summed E-state index contributed by atoms with van der Waals surface area (Å²) in [4.78, 5) is 37.3. The Morgan fingerprint density at radius 2 is 1.79 bits per heavy atom. The molecule has 0 radical (unpaired) electrons. The number of amides is 2. The highest BCUT2D eigenvalue weighted by Crippen LogP contribution is 2.38. The smallest absolute Gasteiger partial charge is 0.307 e. The summed E-state index contributed by atoms with van der Waals surface area (Å²) in [6.45, 7) is 1.47. The number of nitrogens with one attached hydrogen (secondary N) is 2. The van der Waals surface area contributed by atoms with Gasteiger partial charge in [0.15, 0.2) is 0 Å². The number of hydrogen-bond donors (Lipinski definition) is 3. The minimum Gasteiger partial charge on any atom is -0.481 e. The number of aliphatic carboxylic acids is 1.